The number of nitrogens with one attached hydrogen (secondary N) is 3. The molecule has 0 spiro atoms. The van der Waals surface area contributed by atoms with Crippen LogP contribution in [0.15, 0.2) is 24.3 Å². The first-order valence-corrected chi connectivity index (χ1v) is 6.59. The summed E-state index contributed by atoms with van der Waals surface area (Å²) in [6.07, 6.45) is 0.414. The van der Waals surface area contributed by atoms with Crippen molar-refractivity contribution < 1.29 is 14.3 Å². The Morgan fingerprint density at radius 2 is 2.05 bits per heavy atom. The summed E-state index contributed by atoms with van der Waals surface area (Å²) >= 11 is 0. The summed E-state index contributed by atoms with van der Waals surface area (Å²) in [7, 11) is 1.55. The number of hydrogen-bond acceptors (Lipinski definition) is 4. The minimum atomic E-state index is -0.204. The maximum atomic E-state index is 11.7. The first-order valence-electron chi connectivity index (χ1n) is 6.59. The zero-order valence-electron chi connectivity index (χ0n) is 11.9. The topological polar surface area (TPSA) is 79.5 Å². The molecule has 1 rings (SSSR count). The highest BCUT2D eigenvalue weighted by molar-refractivity contribution is 5.91. The zero-order valence-corrected chi connectivity index (χ0v) is 11.9. The van der Waals surface area contributed by atoms with Crippen LogP contribution >= 0.6 is 0 Å². The molecule has 110 valence electrons. The molecule has 0 fully saturated rings. The van der Waals surface area contributed by atoms with E-state index in [0.29, 0.717) is 24.4 Å². The van der Waals surface area contributed by atoms with Gasteiger partial charge in [-0.2, -0.15) is 0 Å². The molecule has 0 aliphatic carbocycles. The van der Waals surface area contributed by atoms with Gasteiger partial charge in [-0.05, 0) is 18.7 Å². The van der Waals surface area contributed by atoms with Gasteiger partial charge in [0.2, 0.25) is 5.91 Å². The van der Waals surface area contributed by atoms with E-state index in [2.05, 4.69) is 16.0 Å². The second-order valence-electron chi connectivity index (χ2n) is 4.14. The van der Waals surface area contributed by atoms with Crippen LogP contribution in [0.5, 0.6) is 5.75 Å². The van der Waals surface area contributed by atoms with Crippen molar-refractivity contribution in [2.24, 2.45) is 0 Å². The van der Waals surface area contributed by atoms with Gasteiger partial charge in [0, 0.05) is 31.8 Å². The molecule has 0 saturated carbocycles. The quantitative estimate of drug-likeness (QED) is 0.614. The van der Waals surface area contributed by atoms with Crippen molar-refractivity contribution in [3.8, 4) is 5.75 Å². The second-order valence-corrected chi connectivity index (χ2v) is 4.14. The van der Waals surface area contributed by atoms with Crippen molar-refractivity contribution in [1.82, 2.24) is 10.6 Å². The van der Waals surface area contributed by atoms with Crippen LogP contribution in [-0.4, -0.2) is 38.6 Å². The number of hydrogen-bond donors (Lipinski definition) is 3. The Labute approximate surface area is 118 Å². The molecule has 0 atom stereocenters. The Balaban J connectivity index is 2.46. The molecular formula is C14H21N3O3. The van der Waals surface area contributed by atoms with Crippen LogP contribution in [0.3, 0.4) is 0 Å². The van der Waals surface area contributed by atoms with E-state index in [0.717, 1.165) is 6.54 Å². The molecular weight excluding hydrogens is 258 g/mol. The van der Waals surface area contributed by atoms with Gasteiger partial charge in [-0.15, -0.1) is 0 Å². The van der Waals surface area contributed by atoms with Gasteiger partial charge in [-0.3, -0.25) is 9.59 Å². The van der Waals surface area contributed by atoms with Gasteiger partial charge in [-0.25, -0.2) is 0 Å². The van der Waals surface area contributed by atoms with Crippen molar-refractivity contribution in [3.63, 3.8) is 0 Å². The molecule has 0 aliphatic heterocycles. The van der Waals surface area contributed by atoms with Gasteiger partial charge in [-0.1, -0.05) is 13.0 Å². The molecule has 0 bridgehead atoms. The number of ether oxygens (including phenoxy) is 1. The fraction of sp³-hybridized carbons (Fsp3) is 0.429. The lowest BCUT2D eigenvalue weighted by molar-refractivity contribution is -0.122. The van der Waals surface area contributed by atoms with Crippen LogP contribution in [0.4, 0.5) is 5.69 Å². The summed E-state index contributed by atoms with van der Waals surface area (Å²) in [6.45, 7) is 3.44. The molecule has 3 N–H and O–H groups in total. The van der Waals surface area contributed by atoms with Crippen molar-refractivity contribution in [2.75, 3.05) is 32.1 Å². The predicted octanol–water partition coefficient (Wildman–Crippen LogP) is 0.749. The summed E-state index contributed by atoms with van der Waals surface area (Å²) in [5.41, 5.74) is 0.654. The molecule has 1 aromatic carbocycles. The summed E-state index contributed by atoms with van der Waals surface area (Å²) in [6, 6.07) is 6.96. The number of benzene rings is 1. The molecule has 2 amide bonds. The third-order valence-electron chi connectivity index (χ3n) is 2.55. The first-order chi connectivity index (χ1) is 9.65. The molecule has 6 heteroatoms. The molecule has 0 aromatic heterocycles. The number of carbonyl (C=O) groups is 2. The van der Waals surface area contributed by atoms with Crippen LogP contribution in [0.25, 0.3) is 0 Å². The normalized spacial score (nSPS) is 9.90. The number of likely N-dealkylation sites (N-methyl/N-ethyl adjacent to an activating group) is 1. The predicted molar refractivity (Wildman–Crippen MR) is 77.8 cm³/mol. The first kappa shape index (κ1) is 16.0. The Bertz CT molecular complexity index is 449. The molecule has 1 aromatic rings. The van der Waals surface area contributed by atoms with Crippen molar-refractivity contribution in [2.45, 2.75) is 13.3 Å². The molecule has 20 heavy (non-hydrogen) atoms. The van der Waals surface area contributed by atoms with E-state index < -0.39 is 0 Å². The van der Waals surface area contributed by atoms with Gasteiger partial charge < -0.3 is 20.7 Å². The monoisotopic (exact) mass is 279 g/mol. The second kappa shape index (κ2) is 8.92. The maximum absolute atomic E-state index is 11.7. The van der Waals surface area contributed by atoms with Gasteiger partial charge >= 0.3 is 0 Å². The van der Waals surface area contributed by atoms with E-state index in [1.165, 1.54) is 0 Å². The third kappa shape index (κ3) is 6.19. The van der Waals surface area contributed by atoms with Gasteiger partial charge in [0.05, 0.1) is 0 Å². The van der Waals surface area contributed by atoms with E-state index in [1.54, 1.807) is 31.3 Å². The van der Waals surface area contributed by atoms with Crippen LogP contribution in [0, 0.1) is 0 Å². The number of carbonyl (C=O) groups excluding carboxylic acids is 2. The van der Waals surface area contributed by atoms with Crippen LogP contribution < -0.4 is 20.7 Å². The van der Waals surface area contributed by atoms with E-state index in [1.807, 2.05) is 6.92 Å². The molecule has 0 saturated heterocycles. The van der Waals surface area contributed by atoms with Gasteiger partial charge in [0.15, 0.2) is 6.61 Å². The lowest BCUT2D eigenvalue weighted by atomic mass is 10.3. The Morgan fingerprint density at radius 1 is 1.25 bits per heavy atom. The average molecular weight is 279 g/mol. The van der Waals surface area contributed by atoms with E-state index in [4.69, 9.17) is 4.74 Å². The van der Waals surface area contributed by atoms with E-state index in [9.17, 15) is 9.59 Å². The summed E-state index contributed by atoms with van der Waals surface area (Å²) in [4.78, 5) is 22.7. The Hall–Kier alpha value is -2.08. The molecule has 6 nitrogen and oxygen atoms in total. The average Bonchev–Trinajstić information content (AvgIpc) is 2.45. The molecule has 0 radical (unpaired) electrons. The minimum Gasteiger partial charge on any atom is -0.484 e. The van der Waals surface area contributed by atoms with E-state index in [-0.39, 0.29) is 18.4 Å². The van der Waals surface area contributed by atoms with Crippen LogP contribution in [-0.2, 0) is 9.59 Å². The van der Waals surface area contributed by atoms with Crippen molar-refractivity contribution in [3.05, 3.63) is 24.3 Å². The minimum absolute atomic E-state index is 0.0473. The highest BCUT2D eigenvalue weighted by Crippen LogP contribution is 2.17. The zero-order chi connectivity index (χ0) is 14.8. The fourth-order valence-corrected chi connectivity index (χ4v) is 1.49. The lowest BCUT2D eigenvalue weighted by Gasteiger charge is -2.09. The van der Waals surface area contributed by atoms with Crippen molar-refractivity contribution >= 4 is 17.5 Å². The van der Waals surface area contributed by atoms with Crippen LogP contribution in [0.1, 0.15) is 13.3 Å². The molecule has 0 heterocycles. The standard InChI is InChI=1S/C14H21N3O3/c1-3-16-8-7-13(18)17-11-5-4-6-12(9-11)20-10-14(19)15-2/h4-6,9,16H,3,7-8,10H2,1-2H3,(H,15,19)(H,17,18). The number of amides is 2. The van der Waals surface area contributed by atoms with E-state index >= 15 is 0 Å². The molecule has 0 unspecified atom stereocenters. The maximum Gasteiger partial charge on any atom is 0.257 e. The summed E-state index contributed by atoms with van der Waals surface area (Å²) in [5, 5.41) is 8.34. The summed E-state index contributed by atoms with van der Waals surface area (Å²) in [5.74, 6) is 0.276. The molecule has 0 aliphatic rings. The van der Waals surface area contributed by atoms with Gasteiger partial charge in [0.25, 0.3) is 5.91 Å². The highest BCUT2D eigenvalue weighted by Gasteiger charge is 2.04. The SMILES string of the molecule is CCNCCC(=O)Nc1cccc(OCC(=O)NC)c1. The van der Waals surface area contributed by atoms with Crippen molar-refractivity contribution in [1.29, 1.82) is 0 Å². The Kier molecular flexibility index (Phi) is 7.13. The number of rotatable bonds is 8. The Morgan fingerprint density at radius 3 is 2.75 bits per heavy atom. The summed E-state index contributed by atoms with van der Waals surface area (Å²) < 4.78 is 5.30. The highest BCUT2D eigenvalue weighted by atomic mass is 16.5. The number of anilines is 1. The largest absolute Gasteiger partial charge is 0.484 e. The lowest BCUT2D eigenvalue weighted by Crippen LogP contribution is -2.24. The third-order valence-corrected chi connectivity index (χ3v) is 2.55. The smallest absolute Gasteiger partial charge is 0.257 e. The fourth-order valence-electron chi connectivity index (χ4n) is 1.49. The van der Waals surface area contributed by atoms with Crippen LogP contribution in [0.2, 0.25) is 0 Å². The van der Waals surface area contributed by atoms with Gasteiger partial charge in [0.1, 0.15) is 5.75 Å².